The van der Waals surface area contributed by atoms with Gasteiger partial charge in [-0.1, -0.05) is 19.9 Å². The predicted molar refractivity (Wildman–Crippen MR) is 63.0 cm³/mol. The van der Waals surface area contributed by atoms with Gasteiger partial charge >= 0.3 is 0 Å². The van der Waals surface area contributed by atoms with Gasteiger partial charge in [0, 0.05) is 12.1 Å². The second-order valence-corrected chi connectivity index (χ2v) is 3.88. The number of non-ortho nitro benzene ring substituents is 1. The molecule has 0 atom stereocenters. The lowest BCUT2D eigenvalue weighted by Gasteiger charge is -2.07. The molecule has 1 aromatic rings. The number of rotatable bonds is 4. The third kappa shape index (κ3) is 3.17. The van der Waals surface area contributed by atoms with E-state index in [9.17, 15) is 10.1 Å². The molecule has 0 bridgehead atoms. The summed E-state index contributed by atoms with van der Waals surface area (Å²) in [5, 5.41) is 19.6. The first-order chi connectivity index (χ1) is 7.54. The van der Waals surface area contributed by atoms with Crippen LogP contribution < -0.4 is 0 Å². The van der Waals surface area contributed by atoms with E-state index in [1.807, 2.05) is 19.9 Å². The third-order valence-corrected chi connectivity index (χ3v) is 2.38. The molecule has 0 aliphatic carbocycles. The molecule has 0 aromatic heterocycles. The van der Waals surface area contributed by atoms with Crippen molar-refractivity contribution < 1.29 is 10.0 Å². The van der Waals surface area contributed by atoms with Gasteiger partial charge in [-0.15, -0.1) is 0 Å². The number of hydrogen-bond donors (Lipinski definition) is 1. The first-order valence-corrected chi connectivity index (χ1v) is 5.10. The molecule has 16 heavy (non-hydrogen) atoms. The Morgan fingerprint density at radius 2 is 2.00 bits per heavy atom. The van der Waals surface area contributed by atoms with Gasteiger partial charge in [0.15, 0.2) is 0 Å². The van der Waals surface area contributed by atoms with E-state index in [1.165, 1.54) is 12.1 Å². The maximum absolute atomic E-state index is 10.4. The monoisotopic (exact) mass is 221 g/mol. The quantitative estimate of drug-likeness (QED) is 0.628. The van der Waals surface area contributed by atoms with Crippen molar-refractivity contribution in [3.63, 3.8) is 0 Å². The maximum Gasteiger partial charge on any atom is 0.269 e. The van der Waals surface area contributed by atoms with Crippen molar-refractivity contribution in [3.8, 4) is 0 Å². The minimum Gasteiger partial charge on any atom is -0.392 e. The Morgan fingerprint density at radius 3 is 2.38 bits per heavy atom. The third-order valence-electron chi connectivity index (χ3n) is 2.38. The molecule has 1 N–H and O–H groups in total. The van der Waals surface area contributed by atoms with E-state index in [-0.39, 0.29) is 18.2 Å². The van der Waals surface area contributed by atoms with E-state index in [4.69, 9.17) is 5.11 Å². The van der Waals surface area contributed by atoms with Crippen LogP contribution >= 0.6 is 0 Å². The fourth-order valence-electron chi connectivity index (χ4n) is 1.30. The summed E-state index contributed by atoms with van der Waals surface area (Å²) >= 11 is 0. The standard InChI is InChI=1S/C12H15NO3/c1-9(2)11(8-14)7-10-3-5-12(6-4-10)13(15)16/h3-7,9,14H,8H2,1-2H3. The van der Waals surface area contributed by atoms with Crippen LogP contribution in [0.15, 0.2) is 29.8 Å². The normalized spacial score (nSPS) is 11.9. The molecule has 0 saturated carbocycles. The number of benzene rings is 1. The van der Waals surface area contributed by atoms with Gasteiger partial charge in [-0.3, -0.25) is 10.1 Å². The molecule has 1 rings (SSSR count). The Labute approximate surface area is 94.4 Å². The van der Waals surface area contributed by atoms with E-state index in [1.54, 1.807) is 12.1 Å². The molecule has 0 aliphatic rings. The first-order valence-electron chi connectivity index (χ1n) is 5.10. The molecule has 86 valence electrons. The van der Waals surface area contributed by atoms with Gasteiger partial charge in [0.1, 0.15) is 0 Å². The van der Waals surface area contributed by atoms with Crippen LogP contribution in [0.5, 0.6) is 0 Å². The van der Waals surface area contributed by atoms with Crippen LogP contribution in [0.4, 0.5) is 5.69 Å². The summed E-state index contributed by atoms with van der Waals surface area (Å²) in [5.74, 6) is 0.264. The average molecular weight is 221 g/mol. The molecule has 4 heteroatoms. The second-order valence-electron chi connectivity index (χ2n) is 3.88. The molecular weight excluding hydrogens is 206 g/mol. The van der Waals surface area contributed by atoms with Crippen molar-refractivity contribution in [3.05, 3.63) is 45.5 Å². The number of nitro groups is 1. The van der Waals surface area contributed by atoms with Gasteiger partial charge in [0.25, 0.3) is 5.69 Å². The average Bonchev–Trinajstić information content (AvgIpc) is 2.26. The van der Waals surface area contributed by atoms with Crippen LogP contribution in [0.3, 0.4) is 0 Å². The predicted octanol–water partition coefficient (Wildman–Crippen LogP) is 2.63. The summed E-state index contributed by atoms with van der Waals surface area (Å²) < 4.78 is 0. The lowest BCUT2D eigenvalue weighted by Crippen LogP contribution is -1.98. The van der Waals surface area contributed by atoms with Gasteiger partial charge in [-0.2, -0.15) is 0 Å². The van der Waals surface area contributed by atoms with Crippen molar-refractivity contribution in [1.82, 2.24) is 0 Å². The number of nitrogens with zero attached hydrogens (tertiary/aromatic N) is 1. The molecular formula is C12H15NO3. The number of nitro benzene ring substituents is 1. The molecule has 0 fully saturated rings. The topological polar surface area (TPSA) is 63.4 Å². The Morgan fingerprint density at radius 1 is 1.44 bits per heavy atom. The fraction of sp³-hybridized carbons (Fsp3) is 0.333. The summed E-state index contributed by atoms with van der Waals surface area (Å²) in [7, 11) is 0. The maximum atomic E-state index is 10.4. The van der Waals surface area contributed by atoms with E-state index >= 15 is 0 Å². The number of aliphatic hydroxyl groups is 1. The summed E-state index contributed by atoms with van der Waals surface area (Å²) in [5.41, 5.74) is 1.85. The highest BCUT2D eigenvalue weighted by atomic mass is 16.6. The minimum atomic E-state index is -0.428. The van der Waals surface area contributed by atoms with Crippen molar-refractivity contribution >= 4 is 11.8 Å². The zero-order chi connectivity index (χ0) is 12.1. The van der Waals surface area contributed by atoms with Crippen LogP contribution in [-0.2, 0) is 0 Å². The molecule has 1 aromatic carbocycles. The van der Waals surface area contributed by atoms with Gasteiger partial charge in [0.2, 0.25) is 0 Å². The van der Waals surface area contributed by atoms with E-state index in [2.05, 4.69) is 0 Å². The fourth-order valence-corrected chi connectivity index (χ4v) is 1.30. The van der Waals surface area contributed by atoms with Crippen molar-refractivity contribution in [2.45, 2.75) is 13.8 Å². The summed E-state index contributed by atoms with van der Waals surface area (Å²) in [6, 6.07) is 6.27. The highest BCUT2D eigenvalue weighted by molar-refractivity contribution is 5.55. The van der Waals surface area contributed by atoms with Crippen molar-refractivity contribution in [1.29, 1.82) is 0 Å². The molecule has 0 saturated heterocycles. The van der Waals surface area contributed by atoms with Crippen LogP contribution in [0.2, 0.25) is 0 Å². The van der Waals surface area contributed by atoms with Gasteiger partial charge in [-0.05, 0) is 29.2 Å². The summed E-state index contributed by atoms with van der Waals surface area (Å²) in [4.78, 5) is 10.0. The largest absolute Gasteiger partial charge is 0.392 e. The number of aliphatic hydroxyl groups excluding tert-OH is 1. The van der Waals surface area contributed by atoms with Crippen LogP contribution in [0.25, 0.3) is 6.08 Å². The zero-order valence-corrected chi connectivity index (χ0v) is 9.38. The lowest BCUT2D eigenvalue weighted by molar-refractivity contribution is -0.384. The van der Waals surface area contributed by atoms with Crippen molar-refractivity contribution in [2.75, 3.05) is 6.61 Å². The molecule has 0 heterocycles. The molecule has 0 spiro atoms. The SMILES string of the molecule is CC(C)C(=Cc1ccc([N+](=O)[O-])cc1)CO. The second kappa shape index (κ2) is 5.42. The van der Waals surface area contributed by atoms with E-state index in [0.29, 0.717) is 0 Å². The minimum absolute atomic E-state index is 0.00859. The lowest BCUT2D eigenvalue weighted by atomic mass is 10.0. The van der Waals surface area contributed by atoms with E-state index in [0.717, 1.165) is 11.1 Å². The van der Waals surface area contributed by atoms with Crippen LogP contribution in [-0.4, -0.2) is 16.6 Å². The van der Waals surface area contributed by atoms with Gasteiger partial charge in [0.05, 0.1) is 11.5 Å². The smallest absolute Gasteiger partial charge is 0.269 e. The summed E-state index contributed by atoms with van der Waals surface area (Å²) in [6.45, 7) is 4.00. The zero-order valence-electron chi connectivity index (χ0n) is 9.38. The number of hydrogen-bond acceptors (Lipinski definition) is 3. The van der Waals surface area contributed by atoms with Gasteiger partial charge < -0.3 is 5.11 Å². The Kier molecular flexibility index (Phi) is 4.19. The molecule has 0 aliphatic heterocycles. The first kappa shape index (κ1) is 12.4. The molecule has 0 radical (unpaired) electrons. The van der Waals surface area contributed by atoms with Gasteiger partial charge in [-0.25, -0.2) is 0 Å². The molecule has 4 nitrogen and oxygen atoms in total. The molecule has 0 unspecified atom stereocenters. The van der Waals surface area contributed by atoms with E-state index < -0.39 is 4.92 Å². The van der Waals surface area contributed by atoms with Crippen LogP contribution in [0, 0.1) is 16.0 Å². The Bertz CT molecular complexity index is 393. The highest BCUT2D eigenvalue weighted by Gasteiger charge is 2.05. The highest BCUT2D eigenvalue weighted by Crippen LogP contribution is 2.17. The van der Waals surface area contributed by atoms with Crippen LogP contribution in [0.1, 0.15) is 19.4 Å². The van der Waals surface area contributed by atoms with Crippen molar-refractivity contribution in [2.24, 2.45) is 5.92 Å². The Balaban J connectivity index is 2.94. The summed E-state index contributed by atoms with van der Waals surface area (Å²) in [6.07, 6.45) is 1.86. The Hall–Kier alpha value is -1.68. The molecule has 0 amide bonds.